The van der Waals surface area contributed by atoms with Gasteiger partial charge in [0.15, 0.2) is 5.78 Å². The number of rotatable bonds is 0. The summed E-state index contributed by atoms with van der Waals surface area (Å²) in [7, 11) is 0. The third-order valence-corrected chi connectivity index (χ3v) is 2.89. The van der Waals surface area contributed by atoms with Gasteiger partial charge in [-0.1, -0.05) is 0 Å². The molecule has 1 fully saturated rings. The van der Waals surface area contributed by atoms with Crippen LogP contribution in [0.2, 0.25) is 0 Å². The Bertz CT molecular complexity index is 437. The molecule has 1 heterocycles. The Labute approximate surface area is 116 Å². The summed E-state index contributed by atoms with van der Waals surface area (Å²) < 4.78 is 4.90. The summed E-state index contributed by atoms with van der Waals surface area (Å²) in [5.41, 5.74) is 0. The zero-order valence-electron chi connectivity index (χ0n) is 11.5. The Morgan fingerprint density at radius 1 is 0.800 bits per heavy atom. The van der Waals surface area contributed by atoms with Gasteiger partial charge < -0.3 is 4.74 Å². The van der Waals surface area contributed by atoms with Gasteiger partial charge >= 0.3 is 5.97 Å². The van der Waals surface area contributed by atoms with E-state index in [9.17, 15) is 24.0 Å². The van der Waals surface area contributed by atoms with E-state index in [1.54, 1.807) is 0 Å². The first-order valence-electron chi connectivity index (χ1n) is 6.63. The fourth-order valence-electron chi connectivity index (χ4n) is 2.02. The average Bonchev–Trinajstić information content (AvgIpc) is 2.25. The summed E-state index contributed by atoms with van der Waals surface area (Å²) in [5.74, 6) is -2.07. The molecule has 0 aromatic carbocycles. The largest absolute Gasteiger partial charge is 0.462 e. The Kier molecular flexibility index (Phi) is 6.21. The van der Waals surface area contributed by atoms with Crippen LogP contribution in [0.15, 0.2) is 0 Å². The minimum absolute atomic E-state index is 0.0371. The molecule has 6 heteroatoms. The third kappa shape index (κ3) is 6.36. The van der Waals surface area contributed by atoms with Crippen LogP contribution < -0.4 is 0 Å². The van der Waals surface area contributed by atoms with Crippen molar-refractivity contribution in [1.82, 2.24) is 0 Å². The minimum Gasteiger partial charge on any atom is -0.462 e. The van der Waals surface area contributed by atoms with Crippen molar-refractivity contribution in [3.8, 4) is 0 Å². The Balaban J connectivity index is 2.68. The molecule has 6 nitrogen and oxygen atoms in total. The van der Waals surface area contributed by atoms with Crippen LogP contribution >= 0.6 is 0 Å². The zero-order chi connectivity index (χ0) is 15.1. The van der Waals surface area contributed by atoms with Crippen LogP contribution in [0.1, 0.15) is 51.9 Å². The number of ether oxygens (including phenoxy) is 1. The Hall–Kier alpha value is -1.85. The normalized spacial score (nSPS) is 24.2. The van der Waals surface area contributed by atoms with Gasteiger partial charge in [0.25, 0.3) is 0 Å². The van der Waals surface area contributed by atoms with Crippen LogP contribution in [-0.2, 0) is 28.7 Å². The summed E-state index contributed by atoms with van der Waals surface area (Å²) in [6, 6.07) is 0. The monoisotopic (exact) mass is 282 g/mol. The molecular formula is C14H18O6. The summed E-state index contributed by atoms with van der Waals surface area (Å²) in [6.07, 6.45) is -1.08. The molecule has 0 N–H and O–H groups in total. The first-order chi connectivity index (χ1) is 9.36. The standard InChI is InChI=1S/C14H18O6/c1-9-5-12(17)6-10(15)3-2-4-11(16)7-13(18)8-14(19)20-9/h9H,2-8H2,1H3. The quantitative estimate of drug-likeness (QED) is 0.484. The van der Waals surface area contributed by atoms with Crippen LogP contribution in [0.3, 0.4) is 0 Å². The number of carbonyl (C=O) groups is 5. The second kappa shape index (κ2) is 7.67. The van der Waals surface area contributed by atoms with Crippen LogP contribution in [0.5, 0.6) is 0 Å². The number of cyclic esters (lactones) is 1. The SMILES string of the molecule is CC1CC(=O)CC(=O)CCCC(=O)CC(=O)CC(=O)O1. The van der Waals surface area contributed by atoms with Gasteiger partial charge in [-0.2, -0.15) is 0 Å². The molecule has 110 valence electrons. The lowest BCUT2D eigenvalue weighted by atomic mass is 10.0. The van der Waals surface area contributed by atoms with E-state index in [2.05, 4.69) is 0 Å². The van der Waals surface area contributed by atoms with Crippen molar-refractivity contribution >= 4 is 29.1 Å². The molecule has 1 aliphatic heterocycles. The lowest BCUT2D eigenvalue weighted by molar-refractivity contribution is -0.150. The number of Topliss-reactive ketones (excluding diaryl/α,β-unsaturated/α-hetero) is 4. The number of hydrogen-bond donors (Lipinski definition) is 0. The molecule has 0 spiro atoms. The average molecular weight is 282 g/mol. The highest BCUT2D eigenvalue weighted by atomic mass is 16.5. The molecule has 0 aromatic rings. The van der Waals surface area contributed by atoms with Crippen molar-refractivity contribution in [2.24, 2.45) is 0 Å². The van der Waals surface area contributed by atoms with Crippen molar-refractivity contribution in [3.63, 3.8) is 0 Å². The van der Waals surface area contributed by atoms with Crippen molar-refractivity contribution in [2.45, 2.75) is 58.0 Å². The highest BCUT2D eigenvalue weighted by Gasteiger charge is 2.20. The van der Waals surface area contributed by atoms with E-state index in [1.165, 1.54) is 6.92 Å². The minimum atomic E-state index is -0.744. The molecular weight excluding hydrogens is 264 g/mol. The molecule has 1 aliphatic rings. The molecule has 1 atom stereocenters. The molecule has 0 amide bonds. The van der Waals surface area contributed by atoms with E-state index >= 15 is 0 Å². The van der Waals surface area contributed by atoms with Gasteiger partial charge in [-0.3, -0.25) is 24.0 Å². The fraction of sp³-hybridized carbons (Fsp3) is 0.643. The number of hydrogen-bond acceptors (Lipinski definition) is 6. The lowest BCUT2D eigenvalue weighted by Gasteiger charge is -2.12. The van der Waals surface area contributed by atoms with Crippen LogP contribution in [0.4, 0.5) is 0 Å². The maximum absolute atomic E-state index is 11.6. The summed E-state index contributed by atoms with van der Waals surface area (Å²) in [4.78, 5) is 57.4. The van der Waals surface area contributed by atoms with Crippen molar-refractivity contribution in [1.29, 1.82) is 0 Å². The van der Waals surface area contributed by atoms with Crippen molar-refractivity contribution < 1.29 is 28.7 Å². The molecule has 0 saturated carbocycles. The van der Waals surface area contributed by atoms with Crippen molar-refractivity contribution in [2.75, 3.05) is 0 Å². The smallest absolute Gasteiger partial charge is 0.313 e. The second-order valence-corrected chi connectivity index (χ2v) is 5.04. The highest BCUT2D eigenvalue weighted by molar-refractivity contribution is 6.06. The van der Waals surface area contributed by atoms with E-state index in [0.29, 0.717) is 6.42 Å². The highest BCUT2D eigenvalue weighted by Crippen LogP contribution is 2.09. The molecule has 0 aliphatic carbocycles. The predicted octanol–water partition coefficient (Wildman–Crippen LogP) is 0.939. The molecule has 0 aromatic heterocycles. The van der Waals surface area contributed by atoms with E-state index < -0.39 is 24.3 Å². The van der Waals surface area contributed by atoms with Crippen molar-refractivity contribution in [3.05, 3.63) is 0 Å². The third-order valence-electron chi connectivity index (χ3n) is 2.89. The fourth-order valence-corrected chi connectivity index (χ4v) is 2.02. The van der Waals surface area contributed by atoms with E-state index in [4.69, 9.17) is 4.74 Å². The van der Waals surface area contributed by atoms with E-state index in [-0.39, 0.29) is 49.5 Å². The van der Waals surface area contributed by atoms with Gasteiger partial charge in [-0.25, -0.2) is 0 Å². The molecule has 1 unspecified atom stereocenters. The summed E-state index contributed by atoms with van der Waals surface area (Å²) in [6.45, 7) is 1.53. The zero-order valence-corrected chi connectivity index (χ0v) is 11.5. The maximum Gasteiger partial charge on any atom is 0.313 e. The predicted molar refractivity (Wildman–Crippen MR) is 67.9 cm³/mol. The number of ketones is 4. The molecule has 0 bridgehead atoms. The Morgan fingerprint density at radius 3 is 1.95 bits per heavy atom. The second-order valence-electron chi connectivity index (χ2n) is 5.04. The number of carbonyl (C=O) groups excluding carboxylic acids is 5. The van der Waals surface area contributed by atoms with E-state index in [0.717, 1.165) is 0 Å². The molecule has 1 rings (SSSR count). The van der Waals surface area contributed by atoms with Crippen LogP contribution in [-0.4, -0.2) is 35.2 Å². The molecule has 20 heavy (non-hydrogen) atoms. The maximum atomic E-state index is 11.6. The lowest BCUT2D eigenvalue weighted by Crippen LogP contribution is -2.23. The molecule has 1 saturated heterocycles. The van der Waals surface area contributed by atoms with Gasteiger partial charge in [0.2, 0.25) is 0 Å². The topological polar surface area (TPSA) is 94.6 Å². The van der Waals surface area contributed by atoms with Gasteiger partial charge in [-0.15, -0.1) is 0 Å². The molecule has 0 radical (unpaired) electrons. The summed E-state index contributed by atoms with van der Waals surface area (Å²) >= 11 is 0. The van der Waals surface area contributed by atoms with Gasteiger partial charge in [0, 0.05) is 19.3 Å². The van der Waals surface area contributed by atoms with E-state index in [1.807, 2.05) is 0 Å². The summed E-state index contributed by atoms with van der Waals surface area (Å²) in [5, 5.41) is 0. The van der Waals surface area contributed by atoms with Crippen LogP contribution in [0, 0.1) is 0 Å². The van der Waals surface area contributed by atoms with Gasteiger partial charge in [0.05, 0.1) is 12.8 Å². The Morgan fingerprint density at radius 2 is 1.35 bits per heavy atom. The van der Waals surface area contributed by atoms with Gasteiger partial charge in [-0.05, 0) is 13.3 Å². The van der Waals surface area contributed by atoms with Gasteiger partial charge in [0.1, 0.15) is 29.9 Å². The van der Waals surface area contributed by atoms with Crippen LogP contribution in [0.25, 0.3) is 0 Å². The number of esters is 1. The first kappa shape index (κ1) is 16.2. The first-order valence-corrected chi connectivity index (χ1v) is 6.63.